The van der Waals surface area contributed by atoms with Crippen molar-refractivity contribution in [1.82, 2.24) is 9.97 Å². The molecule has 6 heteroatoms. The Balaban J connectivity index is 1.41. The van der Waals surface area contributed by atoms with Crippen LogP contribution >= 0.6 is 0 Å². The van der Waals surface area contributed by atoms with Gasteiger partial charge in [0.25, 0.3) is 0 Å². The van der Waals surface area contributed by atoms with E-state index in [1.54, 1.807) is 13.3 Å². The Morgan fingerprint density at radius 3 is 2.71 bits per heavy atom. The van der Waals surface area contributed by atoms with Crippen molar-refractivity contribution in [2.45, 2.75) is 6.42 Å². The molecule has 0 saturated heterocycles. The standard InChI is InChI=1S/C22H20N4O2/c1-28-20-9-5-4-8-19(20)26-21-11-10-16(14-24-21)25-22(27)12-15-13-23-18-7-3-2-6-17(15)18/h2-11,13-14,23H,12H2,1H3,(H,24,26)(H,25,27). The normalized spacial score (nSPS) is 10.6. The number of carbonyl (C=O) groups is 1. The van der Waals surface area contributed by atoms with Gasteiger partial charge in [0.2, 0.25) is 5.91 Å². The Morgan fingerprint density at radius 2 is 1.89 bits per heavy atom. The molecule has 0 aliphatic rings. The van der Waals surface area contributed by atoms with Gasteiger partial charge in [0.1, 0.15) is 11.6 Å². The lowest BCUT2D eigenvalue weighted by molar-refractivity contribution is -0.115. The number of amides is 1. The number of pyridine rings is 1. The molecule has 0 fully saturated rings. The molecule has 0 atom stereocenters. The first-order chi connectivity index (χ1) is 13.7. The van der Waals surface area contributed by atoms with E-state index in [-0.39, 0.29) is 5.91 Å². The van der Waals surface area contributed by atoms with E-state index >= 15 is 0 Å². The van der Waals surface area contributed by atoms with Gasteiger partial charge < -0.3 is 20.4 Å². The van der Waals surface area contributed by atoms with Crippen LogP contribution in [0.15, 0.2) is 73.1 Å². The Morgan fingerprint density at radius 1 is 1.07 bits per heavy atom. The number of hydrogen-bond acceptors (Lipinski definition) is 4. The summed E-state index contributed by atoms with van der Waals surface area (Å²) in [5, 5.41) is 7.16. The van der Waals surface area contributed by atoms with Crippen molar-refractivity contribution in [3.8, 4) is 5.75 Å². The third-order valence-electron chi connectivity index (χ3n) is 4.44. The molecule has 140 valence electrons. The van der Waals surface area contributed by atoms with Gasteiger partial charge >= 0.3 is 0 Å². The van der Waals surface area contributed by atoms with E-state index < -0.39 is 0 Å². The minimum atomic E-state index is -0.0861. The smallest absolute Gasteiger partial charge is 0.228 e. The monoisotopic (exact) mass is 372 g/mol. The summed E-state index contributed by atoms with van der Waals surface area (Å²) in [7, 11) is 1.63. The largest absolute Gasteiger partial charge is 0.495 e. The maximum absolute atomic E-state index is 12.4. The van der Waals surface area contributed by atoms with Crippen LogP contribution in [0, 0.1) is 0 Å². The summed E-state index contributed by atoms with van der Waals surface area (Å²) in [5.41, 5.74) is 3.47. The highest BCUT2D eigenvalue weighted by Crippen LogP contribution is 2.26. The van der Waals surface area contributed by atoms with Gasteiger partial charge in [0.05, 0.1) is 31.1 Å². The predicted octanol–water partition coefficient (Wildman–Crippen LogP) is 4.50. The fourth-order valence-electron chi connectivity index (χ4n) is 3.08. The number of para-hydroxylation sites is 3. The van der Waals surface area contributed by atoms with Crippen LogP contribution in [0.5, 0.6) is 5.75 Å². The number of methoxy groups -OCH3 is 1. The summed E-state index contributed by atoms with van der Waals surface area (Å²) in [6.45, 7) is 0. The van der Waals surface area contributed by atoms with Crippen molar-refractivity contribution in [2.24, 2.45) is 0 Å². The van der Waals surface area contributed by atoms with Gasteiger partial charge in [-0.3, -0.25) is 4.79 Å². The Bertz CT molecular complexity index is 1100. The van der Waals surface area contributed by atoms with Gasteiger partial charge in [0.15, 0.2) is 0 Å². The van der Waals surface area contributed by atoms with E-state index in [2.05, 4.69) is 20.6 Å². The minimum absolute atomic E-state index is 0.0861. The van der Waals surface area contributed by atoms with Crippen molar-refractivity contribution in [1.29, 1.82) is 0 Å². The topological polar surface area (TPSA) is 79.0 Å². The number of benzene rings is 2. The average molecular weight is 372 g/mol. The predicted molar refractivity (Wildman–Crippen MR) is 111 cm³/mol. The number of rotatable bonds is 6. The molecule has 0 spiro atoms. The van der Waals surface area contributed by atoms with Crippen LogP contribution in [0.2, 0.25) is 0 Å². The van der Waals surface area contributed by atoms with E-state index in [1.165, 1.54) is 0 Å². The first kappa shape index (κ1) is 17.6. The number of ether oxygens (including phenoxy) is 1. The second-order valence-corrected chi connectivity index (χ2v) is 6.34. The zero-order chi connectivity index (χ0) is 19.3. The Kier molecular flexibility index (Phi) is 4.93. The van der Waals surface area contributed by atoms with Crippen LogP contribution in [0.1, 0.15) is 5.56 Å². The molecule has 6 nitrogen and oxygen atoms in total. The summed E-state index contributed by atoms with van der Waals surface area (Å²) in [6, 6.07) is 19.2. The fourth-order valence-corrected chi connectivity index (χ4v) is 3.08. The van der Waals surface area contributed by atoms with Gasteiger partial charge in [-0.1, -0.05) is 30.3 Å². The van der Waals surface area contributed by atoms with E-state index in [1.807, 2.05) is 66.9 Å². The quantitative estimate of drug-likeness (QED) is 0.466. The van der Waals surface area contributed by atoms with Crippen LogP contribution in [-0.2, 0) is 11.2 Å². The molecular formula is C22H20N4O2. The maximum Gasteiger partial charge on any atom is 0.228 e. The first-order valence-corrected chi connectivity index (χ1v) is 8.94. The number of hydrogen-bond donors (Lipinski definition) is 3. The van der Waals surface area contributed by atoms with E-state index in [9.17, 15) is 4.79 Å². The number of fused-ring (bicyclic) bond motifs is 1. The van der Waals surface area contributed by atoms with Crippen molar-refractivity contribution in [3.63, 3.8) is 0 Å². The summed E-state index contributed by atoms with van der Waals surface area (Å²) in [5.74, 6) is 1.32. The number of H-pyrrole nitrogens is 1. The molecule has 4 aromatic rings. The zero-order valence-corrected chi connectivity index (χ0v) is 15.4. The summed E-state index contributed by atoms with van der Waals surface area (Å²) in [6.07, 6.45) is 3.80. The summed E-state index contributed by atoms with van der Waals surface area (Å²) >= 11 is 0. The molecule has 4 rings (SSSR count). The molecule has 0 radical (unpaired) electrons. The highest BCUT2D eigenvalue weighted by atomic mass is 16.5. The molecule has 1 amide bonds. The summed E-state index contributed by atoms with van der Waals surface area (Å²) < 4.78 is 5.32. The number of carbonyl (C=O) groups excluding carboxylic acids is 1. The average Bonchev–Trinajstić information content (AvgIpc) is 3.13. The molecule has 28 heavy (non-hydrogen) atoms. The number of nitrogens with zero attached hydrogens (tertiary/aromatic N) is 1. The summed E-state index contributed by atoms with van der Waals surface area (Å²) in [4.78, 5) is 19.9. The third kappa shape index (κ3) is 3.81. The lowest BCUT2D eigenvalue weighted by Gasteiger charge is -2.11. The second-order valence-electron chi connectivity index (χ2n) is 6.34. The minimum Gasteiger partial charge on any atom is -0.495 e. The first-order valence-electron chi connectivity index (χ1n) is 8.94. The molecule has 2 aromatic heterocycles. The number of nitrogens with one attached hydrogen (secondary N) is 3. The number of aromatic amines is 1. The number of aromatic nitrogens is 2. The van der Waals surface area contributed by atoms with Gasteiger partial charge in [-0.15, -0.1) is 0 Å². The lowest BCUT2D eigenvalue weighted by atomic mass is 10.1. The molecular weight excluding hydrogens is 352 g/mol. The third-order valence-corrected chi connectivity index (χ3v) is 4.44. The Hall–Kier alpha value is -3.80. The fraction of sp³-hybridized carbons (Fsp3) is 0.0909. The van der Waals surface area contributed by atoms with Crippen LogP contribution < -0.4 is 15.4 Å². The van der Waals surface area contributed by atoms with Crippen LogP contribution in [0.25, 0.3) is 10.9 Å². The van der Waals surface area contributed by atoms with Crippen LogP contribution in [0.3, 0.4) is 0 Å². The molecule has 0 unspecified atom stereocenters. The Labute approximate surface area is 162 Å². The number of anilines is 3. The van der Waals surface area contributed by atoms with Gasteiger partial charge in [0, 0.05) is 17.1 Å². The van der Waals surface area contributed by atoms with E-state index in [0.717, 1.165) is 27.9 Å². The van der Waals surface area contributed by atoms with Crippen molar-refractivity contribution in [2.75, 3.05) is 17.7 Å². The SMILES string of the molecule is COc1ccccc1Nc1ccc(NC(=O)Cc2c[nH]c3ccccc23)cn1. The van der Waals surface area contributed by atoms with Crippen LogP contribution in [0.4, 0.5) is 17.2 Å². The van der Waals surface area contributed by atoms with Crippen molar-refractivity contribution in [3.05, 3.63) is 78.6 Å². The van der Waals surface area contributed by atoms with Crippen molar-refractivity contribution >= 4 is 34.0 Å². The highest BCUT2D eigenvalue weighted by molar-refractivity contribution is 5.95. The lowest BCUT2D eigenvalue weighted by Crippen LogP contribution is -2.14. The molecule has 2 aromatic carbocycles. The zero-order valence-electron chi connectivity index (χ0n) is 15.4. The molecule has 2 heterocycles. The molecule has 0 aliphatic heterocycles. The molecule has 0 aliphatic carbocycles. The second kappa shape index (κ2) is 7.84. The van der Waals surface area contributed by atoms with E-state index in [4.69, 9.17) is 4.74 Å². The van der Waals surface area contributed by atoms with E-state index in [0.29, 0.717) is 17.9 Å². The van der Waals surface area contributed by atoms with Crippen molar-refractivity contribution < 1.29 is 9.53 Å². The molecule has 3 N–H and O–H groups in total. The molecule has 0 bridgehead atoms. The van der Waals surface area contributed by atoms with Crippen LogP contribution in [-0.4, -0.2) is 23.0 Å². The molecule has 0 saturated carbocycles. The van der Waals surface area contributed by atoms with Gasteiger partial charge in [-0.25, -0.2) is 4.98 Å². The van der Waals surface area contributed by atoms with Gasteiger partial charge in [-0.05, 0) is 35.9 Å². The maximum atomic E-state index is 12.4. The highest BCUT2D eigenvalue weighted by Gasteiger charge is 2.09. The van der Waals surface area contributed by atoms with Gasteiger partial charge in [-0.2, -0.15) is 0 Å².